The number of aromatic nitrogens is 2. The fraction of sp³-hybridized carbons (Fsp3) is 0.385. The van der Waals surface area contributed by atoms with Gasteiger partial charge in [0.05, 0.1) is 18.3 Å². The maximum atomic E-state index is 9.51. The Balaban J connectivity index is 1.88. The Morgan fingerprint density at radius 2 is 2.11 bits per heavy atom. The molecule has 0 radical (unpaired) electrons. The average Bonchev–Trinajstić information content (AvgIpc) is 2.85. The molecule has 19 heavy (non-hydrogen) atoms. The predicted octanol–water partition coefficient (Wildman–Crippen LogP) is 3.33. The second-order valence-electron chi connectivity index (χ2n) is 4.11. The summed E-state index contributed by atoms with van der Waals surface area (Å²) in [6, 6.07) is 7.61. The monoisotopic (exact) mass is 298 g/mol. The van der Waals surface area contributed by atoms with Crippen molar-refractivity contribution in [2.75, 3.05) is 0 Å². The lowest BCUT2D eigenvalue weighted by atomic mass is 10.2. The van der Waals surface area contributed by atoms with Crippen LogP contribution in [0.25, 0.3) is 0 Å². The molecule has 0 amide bonds. The lowest BCUT2D eigenvalue weighted by Gasteiger charge is -2.01. The number of nitrogens with zero attached hydrogens (tertiary/aromatic N) is 2. The van der Waals surface area contributed by atoms with E-state index in [1.165, 1.54) is 0 Å². The molecule has 0 fully saturated rings. The summed E-state index contributed by atoms with van der Waals surface area (Å²) in [5.41, 5.74) is 0. The summed E-state index contributed by atoms with van der Waals surface area (Å²) in [5.74, 6) is 1.76. The molecule has 0 aliphatic rings. The van der Waals surface area contributed by atoms with Crippen LogP contribution in [0.15, 0.2) is 33.7 Å². The maximum absolute atomic E-state index is 9.51. The van der Waals surface area contributed by atoms with Gasteiger partial charge >= 0.3 is 0 Å². The number of hydrogen-bond donors (Lipinski definition) is 1. The second-order valence-corrected chi connectivity index (χ2v) is 5.60. The van der Waals surface area contributed by atoms with Gasteiger partial charge in [-0.1, -0.05) is 23.7 Å². The number of thioether (sulfide) groups is 1. The zero-order valence-electron chi connectivity index (χ0n) is 10.5. The van der Waals surface area contributed by atoms with Crippen LogP contribution < -0.4 is 0 Å². The predicted molar refractivity (Wildman–Crippen MR) is 75.3 cm³/mol. The van der Waals surface area contributed by atoms with E-state index in [1.807, 2.05) is 31.2 Å². The first kappa shape index (κ1) is 14.4. The zero-order valence-corrected chi connectivity index (χ0v) is 12.1. The van der Waals surface area contributed by atoms with Crippen molar-refractivity contribution in [2.24, 2.45) is 0 Å². The van der Waals surface area contributed by atoms with Crippen molar-refractivity contribution in [1.29, 1.82) is 0 Å². The van der Waals surface area contributed by atoms with Crippen LogP contribution in [-0.2, 0) is 12.2 Å². The van der Waals surface area contributed by atoms with Crippen LogP contribution in [-0.4, -0.2) is 21.4 Å². The number of hydrogen-bond acceptors (Lipinski definition) is 5. The number of aliphatic hydroxyl groups is 1. The lowest BCUT2D eigenvalue weighted by molar-refractivity contribution is 0.158. The Morgan fingerprint density at radius 3 is 2.79 bits per heavy atom. The number of aliphatic hydroxyl groups excluding tert-OH is 1. The van der Waals surface area contributed by atoms with Gasteiger partial charge in [-0.05, 0) is 30.7 Å². The molecule has 0 saturated carbocycles. The van der Waals surface area contributed by atoms with Gasteiger partial charge in [-0.2, -0.15) is 4.98 Å². The van der Waals surface area contributed by atoms with Crippen LogP contribution in [0.2, 0.25) is 5.02 Å². The van der Waals surface area contributed by atoms with E-state index in [0.717, 1.165) is 9.92 Å². The first-order chi connectivity index (χ1) is 9.17. The highest BCUT2D eigenvalue weighted by molar-refractivity contribution is 7.98. The molecule has 0 aliphatic heterocycles. The zero-order chi connectivity index (χ0) is 13.7. The minimum atomic E-state index is -0.419. The van der Waals surface area contributed by atoms with Gasteiger partial charge in [-0.25, -0.2) is 0 Å². The number of benzene rings is 1. The summed E-state index contributed by atoms with van der Waals surface area (Å²) >= 11 is 7.44. The van der Waals surface area contributed by atoms with E-state index in [9.17, 15) is 5.11 Å². The quantitative estimate of drug-likeness (QED) is 0.829. The molecule has 1 atom stereocenters. The molecule has 0 aliphatic carbocycles. The van der Waals surface area contributed by atoms with Crippen LogP contribution in [0.4, 0.5) is 0 Å². The summed E-state index contributed by atoms with van der Waals surface area (Å²) in [4.78, 5) is 5.35. The van der Waals surface area contributed by atoms with Gasteiger partial charge in [-0.3, -0.25) is 0 Å². The van der Waals surface area contributed by atoms with E-state index in [4.69, 9.17) is 16.1 Å². The summed E-state index contributed by atoms with van der Waals surface area (Å²) in [5, 5.41) is 14.1. The highest BCUT2D eigenvalue weighted by atomic mass is 35.5. The van der Waals surface area contributed by atoms with Gasteiger partial charge in [0.1, 0.15) is 0 Å². The van der Waals surface area contributed by atoms with Gasteiger partial charge in [0.2, 0.25) is 5.89 Å². The van der Waals surface area contributed by atoms with E-state index in [2.05, 4.69) is 10.1 Å². The van der Waals surface area contributed by atoms with Crippen molar-refractivity contribution in [3.63, 3.8) is 0 Å². The number of rotatable bonds is 6. The molecule has 0 spiro atoms. The van der Waals surface area contributed by atoms with Crippen LogP contribution in [0.3, 0.4) is 0 Å². The van der Waals surface area contributed by atoms with Gasteiger partial charge < -0.3 is 9.63 Å². The van der Waals surface area contributed by atoms with Crippen molar-refractivity contribution >= 4 is 23.4 Å². The Bertz CT molecular complexity index is 516. The maximum Gasteiger partial charge on any atom is 0.229 e. The second kappa shape index (κ2) is 6.93. The summed E-state index contributed by atoms with van der Waals surface area (Å²) in [6.07, 6.45) is 0.670. The van der Waals surface area contributed by atoms with Crippen LogP contribution in [0, 0.1) is 0 Å². The molecule has 1 aromatic carbocycles. The Hall–Kier alpha value is -1.04. The third-order valence-electron chi connectivity index (χ3n) is 2.57. The van der Waals surface area contributed by atoms with Gasteiger partial charge in [0, 0.05) is 9.92 Å². The van der Waals surface area contributed by atoms with Gasteiger partial charge in [0.25, 0.3) is 0 Å². The summed E-state index contributed by atoms with van der Waals surface area (Å²) in [7, 11) is 0. The van der Waals surface area contributed by atoms with Crippen molar-refractivity contribution < 1.29 is 9.63 Å². The molecule has 1 N–H and O–H groups in total. The van der Waals surface area contributed by atoms with E-state index in [-0.39, 0.29) is 0 Å². The third-order valence-corrected chi connectivity index (χ3v) is 3.83. The van der Waals surface area contributed by atoms with Crippen LogP contribution in [0.1, 0.15) is 25.1 Å². The fourth-order valence-electron chi connectivity index (χ4n) is 1.46. The van der Waals surface area contributed by atoms with Crippen molar-refractivity contribution in [2.45, 2.75) is 36.5 Å². The van der Waals surface area contributed by atoms with Crippen LogP contribution in [0.5, 0.6) is 0 Å². The van der Waals surface area contributed by atoms with E-state index < -0.39 is 6.10 Å². The molecule has 1 aromatic heterocycles. The minimum absolute atomic E-state index is 0.412. The normalized spacial score (nSPS) is 12.6. The van der Waals surface area contributed by atoms with Crippen molar-refractivity contribution in [3.8, 4) is 0 Å². The van der Waals surface area contributed by atoms with Crippen LogP contribution >= 0.6 is 23.4 Å². The summed E-state index contributed by atoms with van der Waals surface area (Å²) in [6.45, 7) is 1.92. The Morgan fingerprint density at radius 1 is 1.37 bits per heavy atom. The Labute approximate surface area is 121 Å². The minimum Gasteiger partial charge on any atom is -0.393 e. The molecule has 1 heterocycles. The first-order valence-electron chi connectivity index (χ1n) is 6.05. The third kappa shape index (κ3) is 4.53. The molecular formula is C13H15ClN2O2S. The molecular weight excluding hydrogens is 284 g/mol. The van der Waals surface area contributed by atoms with E-state index in [0.29, 0.717) is 30.3 Å². The highest BCUT2D eigenvalue weighted by Crippen LogP contribution is 2.23. The molecule has 0 bridgehead atoms. The number of halogens is 1. The average molecular weight is 299 g/mol. The molecule has 2 aromatic rings. The standard InChI is InChI=1S/C13H15ClN2O2S/c1-2-10(17)7-13-15-12(16-18-13)8-19-11-5-3-9(14)4-6-11/h3-6,10,17H,2,7-8H2,1H3. The molecule has 2 rings (SSSR count). The van der Waals surface area contributed by atoms with Crippen molar-refractivity contribution in [3.05, 3.63) is 41.0 Å². The SMILES string of the molecule is CCC(O)Cc1nc(CSc2ccc(Cl)cc2)no1. The molecule has 6 heteroatoms. The summed E-state index contributed by atoms with van der Waals surface area (Å²) < 4.78 is 5.09. The smallest absolute Gasteiger partial charge is 0.229 e. The topological polar surface area (TPSA) is 59.2 Å². The van der Waals surface area contributed by atoms with Crippen molar-refractivity contribution in [1.82, 2.24) is 10.1 Å². The van der Waals surface area contributed by atoms with E-state index >= 15 is 0 Å². The highest BCUT2D eigenvalue weighted by Gasteiger charge is 2.10. The molecule has 0 saturated heterocycles. The molecule has 1 unspecified atom stereocenters. The van der Waals surface area contributed by atoms with E-state index in [1.54, 1.807) is 11.8 Å². The molecule has 102 valence electrons. The lowest BCUT2D eigenvalue weighted by Crippen LogP contribution is -2.08. The molecule has 4 nitrogen and oxygen atoms in total. The Kier molecular flexibility index (Phi) is 5.24. The van der Waals surface area contributed by atoms with Gasteiger partial charge in [0.15, 0.2) is 5.82 Å². The largest absolute Gasteiger partial charge is 0.393 e. The first-order valence-corrected chi connectivity index (χ1v) is 7.41. The van der Waals surface area contributed by atoms with Gasteiger partial charge in [-0.15, -0.1) is 11.8 Å². The fourth-order valence-corrected chi connectivity index (χ4v) is 2.32.